The Bertz CT molecular complexity index is 523. The fraction of sp³-hybridized carbons (Fsp3) is 0.467. The highest BCUT2D eigenvalue weighted by Gasteiger charge is 2.26. The number of nitrogens with one attached hydrogen (secondary N) is 1. The lowest BCUT2D eigenvalue weighted by Gasteiger charge is -2.30. The highest BCUT2D eigenvalue weighted by atomic mass is 16.4. The largest absolute Gasteiger partial charge is 0.481 e. The van der Waals surface area contributed by atoms with Crippen molar-refractivity contribution < 1.29 is 14.7 Å². The zero-order valence-electron chi connectivity index (χ0n) is 12.4. The van der Waals surface area contributed by atoms with Crippen LogP contribution < -0.4 is 10.2 Å². The monoisotopic (exact) mass is 291 g/mol. The molecule has 1 aliphatic rings. The maximum absolute atomic E-state index is 12.2. The van der Waals surface area contributed by atoms with Crippen LogP contribution in [0.2, 0.25) is 0 Å². The number of carboxylic acids is 1. The molecule has 1 aromatic rings. The molecule has 0 unspecified atom stereocenters. The lowest BCUT2D eigenvalue weighted by molar-refractivity contribution is -0.143. The van der Waals surface area contributed by atoms with Crippen LogP contribution in [0.3, 0.4) is 0 Å². The smallest absolute Gasteiger partial charge is 0.321 e. The van der Waals surface area contributed by atoms with Gasteiger partial charge in [0.2, 0.25) is 0 Å². The van der Waals surface area contributed by atoms with Crippen LogP contribution in [0.1, 0.15) is 12.8 Å². The van der Waals surface area contributed by atoms with E-state index in [0.717, 1.165) is 11.4 Å². The summed E-state index contributed by atoms with van der Waals surface area (Å²) in [4.78, 5) is 26.7. The van der Waals surface area contributed by atoms with Gasteiger partial charge < -0.3 is 20.2 Å². The zero-order valence-corrected chi connectivity index (χ0v) is 12.4. The number of anilines is 2. The quantitative estimate of drug-likeness (QED) is 0.894. The number of hydrogen-bond donors (Lipinski definition) is 2. The molecule has 2 rings (SSSR count). The average molecular weight is 291 g/mol. The number of likely N-dealkylation sites (tertiary alicyclic amines) is 1. The summed E-state index contributed by atoms with van der Waals surface area (Å²) in [5.74, 6) is -1.10. The number of carbonyl (C=O) groups excluding carboxylic acids is 1. The van der Waals surface area contributed by atoms with E-state index in [2.05, 4.69) is 5.32 Å². The zero-order chi connectivity index (χ0) is 15.4. The second-order valence-corrected chi connectivity index (χ2v) is 5.47. The average Bonchev–Trinajstić information content (AvgIpc) is 2.47. The fourth-order valence-corrected chi connectivity index (χ4v) is 2.39. The van der Waals surface area contributed by atoms with Crippen molar-refractivity contribution in [2.75, 3.05) is 37.4 Å². The van der Waals surface area contributed by atoms with Crippen LogP contribution in [0.4, 0.5) is 16.2 Å². The predicted octanol–water partition coefficient (Wildman–Crippen LogP) is 2.08. The van der Waals surface area contributed by atoms with Gasteiger partial charge in [-0.05, 0) is 31.0 Å². The van der Waals surface area contributed by atoms with Crippen LogP contribution in [0.25, 0.3) is 0 Å². The van der Waals surface area contributed by atoms with Crippen LogP contribution in [0, 0.1) is 5.92 Å². The van der Waals surface area contributed by atoms with E-state index in [9.17, 15) is 9.59 Å². The fourth-order valence-electron chi connectivity index (χ4n) is 2.39. The maximum atomic E-state index is 12.2. The summed E-state index contributed by atoms with van der Waals surface area (Å²) in [5, 5.41) is 11.8. The number of amides is 2. The highest BCUT2D eigenvalue weighted by molar-refractivity contribution is 5.90. The van der Waals surface area contributed by atoms with Gasteiger partial charge >= 0.3 is 12.0 Å². The molecule has 1 aliphatic heterocycles. The summed E-state index contributed by atoms with van der Waals surface area (Å²) in [7, 11) is 3.88. The number of piperidine rings is 1. The number of aliphatic carboxylic acids is 1. The van der Waals surface area contributed by atoms with E-state index >= 15 is 0 Å². The van der Waals surface area contributed by atoms with E-state index in [0.29, 0.717) is 25.9 Å². The third kappa shape index (κ3) is 3.87. The number of urea groups is 1. The van der Waals surface area contributed by atoms with Gasteiger partial charge in [0.15, 0.2) is 0 Å². The van der Waals surface area contributed by atoms with Gasteiger partial charge in [-0.3, -0.25) is 4.79 Å². The molecular formula is C15H21N3O3. The summed E-state index contributed by atoms with van der Waals surface area (Å²) in [6.07, 6.45) is 1.03. The molecule has 1 saturated heterocycles. The molecule has 21 heavy (non-hydrogen) atoms. The maximum Gasteiger partial charge on any atom is 0.321 e. The number of hydrogen-bond acceptors (Lipinski definition) is 3. The molecular weight excluding hydrogens is 270 g/mol. The van der Waals surface area contributed by atoms with Crippen LogP contribution >= 0.6 is 0 Å². The van der Waals surface area contributed by atoms with Gasteiger partial charge in [-0.15, -0.1) is 0 Å². The van der Waals surface area contributed by atoms with E-state index in [1.54, 1.807) is 4.90 Å². The number of benzene rings is 1. The SMILES string of the molecule is CN(C)c1cccc(NC(=O)N2CCC(C(=O)O)CC2)c1. The summed E-state index contributed by atoms with van der Waals surface area (Å²) < 4.78 is 0. The number of carboxylic acid groups (broad SMARTS) is 1. The first-order valence-corrected chi connectivity index (χ1v) is 7.03. The third-order valence-electron chi connectivity index (χ3n) is 3.75. The van der Waals surface area contributed by atoms with E-state index in [1.807, 2.05) is 43.3 Å². The molecule has 6 heteroatoms. The van der Waals surface area contributed by atoms with E-state index in [-0.39, 0.29) is 11.9 Å². The number of nitrogens with zero attached hydrogens (tertiary/aromatic N) is 2. The third-order valence-corrected chi connectivity index (χ3v) is 3.75. The second kappa shape index (κ2) is 6.47. The van der Waals surface area contributed by atoms with Gasteiger partial charge in [0.1, 0.15) is 0 Å². The normalized spacial score (nSPS) is 15.6. The molecule has 1 heterocycles. The molecule has 2 N–H and O–H groups in total. The minimum absolute atomic E-state index is 0.172. The molecule has 0 aromatic heterocycles. The Morgan fingerprint density at radius 2 is 1.95 bits per heavy atom. The van der Waals surface area contributed by atoms with Gasteiger partial charge in [-0.2, -0.15) is 0 Å². The van der Waals surface area contributed by atoms with Gasteiger partial charge in [0, 0.05) is 38.6 Å². The van der Waals surface area contributed by atoms with Crippen LogP contribution in [0.5, 0.6) is 0 Å². The molecule has 0 radical (unpaired) electrons. The Kier molecular flexibility index (Phi) is 4.67. The first kappa shape index (κ1) is 15.2. The summed E-state index contributed by atoms with van der Waals surface area (Å²) in [6, 6.07) is 7.43. The number of rotatable bonds is 3. The van der Waals surface area contributed by atoms with Crippen molar-refractivity contribution in [3.8, 4) is 0 Å². The van der Waals surface area contributed by atoms with E-state index in [1.165, 1.54) is 0 Å². The molecule has 1 aromatic carbocycles. The van der Waals surface area contributed by atoms with Gasteiger partial charge in [0.25, 0.3) is 0 Å². The molecule has 0 saturated carbocycles. The van der Waals surface area contributed by atoms with Crippen LogP contribution in [-0.2, 0) is 4.79 Å². The Labute approximate surface area is 124 Å². The molecule has 1 fully saturated rings. The van der Waals surface area contributed by atoms with E-state index < -0.39 is 5.97 Å². The van der Waals surface area contributed by atoms with Crippen LogP contribution in [0.15, 0.2) is 24.3 Å². The van der Waals surface area contributed by atoms with Crippen molar-refractivity contribution >= 4 is 23.4 Å². The second-order valence-electron chi connectivity index (χ2n) is 5.47. The van der Waals surface area contributed by atoms with E-state index in [4.69, 9.17) is 5.11 Å². The van der Waals surface area contributed by atoms with Crippen molar-refractivity contribution in [2.24, 2.45) is 5.92 Å². The lowest BCUT2D eigenvalue weighted by Crippen LogP contribution is -2.42. The van der Waals surface area contributed by atoms with Crippen molar-refractivity contribution in [2.45, 2.75) is 12.8 Å². The topological polar surface area (TPSA) is 72.9 Å². The molecule has 0 spiro atoms. The summed E-state index contributed by atoms with van der Waals surface area (Å²) in [6.45, 7) is 0.965. The van der Waals surface area contributed by atoms with Crippen molar-refractivity contribution in [1.29, 1.82) is 0 Å². The Morgan fingerprint density at radius 3 is 2.52 bits per heavy atom. The molecule has 0 atom stereocenters. The lowest BCUT2D eigenvalue weighted by atomic mass is 9.97. The minimum atomic E-state index is -0.770. The summed E-state index contributed by atoms with van der Waals surface area (Å²) >= 11 is 0. The first-order chi connectivity index (χ1) is 9.97. The summed E-state index contributed by atoms with van der Waals surface area (Å²) in [5.41, 5.74) is 1.75. The molecule has 114 valence electrons. The Hall–Kier alpha value is -2.24. The van der Waals surface area contributed by atoms with Crippen molar-refractivity contribution in [3.63, 3.8) is 0 Å². The van der Waals surface area contributed by atoms with Gasteiger partial charge in [-0.25, -0.2) is 4.79 Å². The molecule has 6 nitrogen and oxygen atoms in total. The van der Waals surface area contributed by atoms with Crippen molar-refractivity contribution in [3.05, 3.63) is 24.3 Å². The molecule has 0 aliphatic carbocycles. The Balaban J connectivity index is 1.93. The minimum Gasteiger partial charge on any atom is -0.481 e. The van der Waals surface area contributed by atoms with Gasteiger partial charge in [0.05, 0.1) is 5.92 Å². The first-order valence-electron chi connectivity index (χ1n) is 7.03. The predicted molar refractivity (Wildman–Crippen MR) is 81.7 cm³/mol. The molecule has 0 bridgehead atoms. The van der Waals surface area contributed by atoms with Gasteiger partial charge in [-0.1, -0.05) is 6.07 Å². The Morgan fingerprint density at radius 1 is 1.29 bits per heavy atom. The highest BCUT2D eigenvalue weighted by Crippen LogP contribution is 2.20. The number of carbonyl (C=O) groups is 2. The molecule has 2 amide bonds. The standard InChI is InChI=1S/C15H21N3O3/c1-17(2)13-5-3-4-12(10-13)16-15(21)18-8-6-11(7-9-18)14(19)20/h3-5,10-11H,6-9H2,1-2H3,(H,16,21)(H,19,20). The van der Waals surface area contributed by atoms with Crippen molar-refractivity contribution in [1.82, 2.24) is 4.90 Å². The van der Waals surface area contributed by atoms with Crippen LogP contribution in [-0.4, -0.2) is 49.2 Å².